The fraction of sp³-hybridized carbons (Fsp3) is 0. The van der Waals surface area contributed by atoms with Crippen LogP contribution in [0.3, 0.4) is 0 Å². The molecule has 0 atom stereocenters. The van der Waals surface area contributed by atoms with Gasteiger partial charge in [-0.15, -0.1) is 0 Å². The maximum atomic E-state index is 9.73. The van der Waals surface area contributed by atoms with Crippen LogP contribution in [-0.4, -0.2) is 19.1 Å². The third kappa shape index (κ3) is 4.18. The Bertz CT molecular complexity index is 2770. The van der Waals surface area contributed by atoms with E-state index in [2.05, 4.69) is 75.9 Å². The first-order chi connectivity index (χ1) is 23.7. The van der Waals surface area contributed by atoms with Crippen molar-refractivity contribution in [3.05, 3.63) is 157 Å². The number of pyridine rings is 2. The summed E-state index contributed by atoms with van der Waals surface area (Å²) in [5, 5.41) is 23.6. The van der Waals surface area contributed by atoms with E-state index in [1.807, 2.05) is 91.1 Å². The zero-order valence-electron chi connectivity index (χ0n) is 25.5. The summed E-state index contributed by atoms with van der Waals surface area (Å²) < 4.78 is 4.32. The van der Waals surface area contributed by atoms with E-state index in [1.54, 1.807) is 0 Å². The lowest BCUT2D eigenvalue weighted by Gasteiger charge is -2.16. The second kappa shape index (κ2) is 10.8. The predicted octanol–water partition coefficient (Wildman–Crippen LogP) is 9.75. The summed E-state index contributed by atoms with van der Waals surface area (Å²) in [5.41, 5.74) is 8.96. The van der Waals surface area contributed by atoms with Crippen LogP contribution in [0.2, 0.25) is 0 Å². The van der Waals surface area contributed by atoms with E-state index < -0.39 is 0 Å². The molecule has 222 valence electrons. The second-order valence-electron chi connectivity index (χ2n) is 11.7. The topological polar surface area (TPSA) is 83.2 Å². The van der Waals surface area contributed by atoms with Gasteiger partial charge in [-0.25, -0.2) is 9.97 Å². The molecule has 0 saturated carbocycles. The van der Waals surface area contributed by atoms with Crippen molar-refractivity contribution in [2.24, 2.45) is 0 Å². The summed E-state index contributed by atoms with van der Waals surface area (Å²) in [6.45, 7) is 0. The lowest BCUT2D eigenvalue weighted by Crippen LogP contribution is -2.05. The third-order valence-corrected chi connectivity index (χ3v) is 9.03. The molecule has 0 aliphatic rings. The lowest BCUT2D eigenvalue weighted by molar-refractivity contribution is 1.00. The van der Waals surface area contributed by atoms with Gasteiger partial charge < -0.3 is 0 Å². The fourth-order valence-electron chi connectivity index (χ4n) is 6.95. The van der Waals surface area contributed by atoms with Crippen LogP contribution >= 0.6 is 0 Å². The molecule has 0 amide bonds. The van der Waals surface area contributed by atoms with Gasteiger partial charge >= 0.3 is 0 Å². The zero-order valence-corrected chi connectivity index (χ0v) is 25.5. The number of nitrogens with zero attached hydrogens (tertiary/aromatic N) is 6. The van der Waals surface area contributed by atoms with Gasteiger partial charge in [0.25, 0.3) is 0 Å². The van der Waals surface area contributed by atoms with Crippen LogP contribution in [0, 0.1) is 22.7 Å². The van der Waals surface area contributed by atoms with Gasteiger partial charge in [0.05, 0.1) is 39.8 Å². The quantitative estimate of drug-likeness (QED) is 0.198. The first-order valence-electron chi connectivity index (χ1n) is 15.6. The molecule has 5 aromatic carbocycles. The van der Waals surface area contributed by atoms with Crippen LogP contribution in [0.1, 0.15) is 11.1 Å². The highest BCUT2D eigenvalue weighted by molar-refractivity contribution is 6.10. The molecule has 0 unspecified atom stereocenters. The summed E-state index contributed by atoms with van der Waals surface area (Å²) in [5.74, 6) is 1.47. The first-order valence-corrected chi connectivity index (χ1v) is 15.6. The van der Waals surface area contributed by atoms with Crippen LogP contribution in [0.15, 0.2) is 146 Å². The van der Waals surface area contributed by atoms with Crippen molar-refractivity contribution in [3.8, 4) is 46.0 Å². The molecule has 4 aromatic heterocycles. The Kier molecular flexibility index (Phi) is 6.15. The van der Waals surface area contributed by atoms with Crippen molar-refractivity contribution in [1.29, 1.82) is 10.5 Å². The largest absolute Gasteiger partial charge is 0.294 e. The molecule has 0 radical (unpaired) electrons. The Balaban J connectivity index is 1.40. The van der Waals surface area contributed by atoms with Crippen molar-refractivity contribution in [2.45, 2.75) is 0 Å². The van der Waals surface area contributed by atoms with Gasteiger partial charge in [0.1, 0.15) is 17.3 Å². The number of aromatic nitrogens is 4. The number of hydrogen-bond donors (Lipinski definition) is 0. The van der Waals surface area contributed by atoms with Crippen molar-refractivity contribution >= 4 is 43.7 Å². The molecule has 0 aliphatic carbocycles. The number of benzene rings is 5. The Morgan fingerprint density at radius 2 is 1.06 bits per heavy atom. The Morgan fingerprint density at radius 3 is 1.83 bits per heavy atom. The monoisotopic (exact) mass is 612 g/mol. The van der Waals surface area contributed by atoms with Crippen molar-refractivity contribution in [1.82, 2.24) is 19.1 Å². The molecule has 0 fully saturated rings. The van der Waals surface area contributed by atoms with Gasteiger partial charge in [-0.05, 0) is 89.0 Å². The van der Waals surface area contributed by atoms with E-state index >= 15 is 0 Å². The molecule has 0 saturated heterocycles. The Morgan fingerprint density at radius 1 is 0.458 bits per heavy atom. The molecule has 48 heavy (non-hydrogen) atoms. The molecule has 0 aliphatic heterocycles. The highest BCUT2D eigenvalue weighted by Gasteiger charge is 2.20. The summed E-state index contributed by atoms with van der Waals surface area (Å²) in [6.07, 6.45) is 1.82. The summed E-state index contributed by atoms with van der Waals surface area (Å²) in [7, 11) is 0. The second-order valence-corrected chi connectivity index (χ2v) is 11.7. The predicted molar refractivity (Wildman–Crippen MR) is 191 cm³/mol. The normalized spacial score (nSPS) is 11.3. The molecule has 4 heterocycles. The fourth-order valence-corrected chi connectivity index (χ4v) is 6.95. The molecular weight excluding hydrogens is 589 g/mol. The van der Waals surface area contributed by atoms with Crippen LogP contribution < -0.4 is 0 Å². The maximum Gasteiger partial charge on any atom is 0.146 e. The van der Waals surface area contributed by atoms with E-state index in [1.165, 1.54) is 0 Å². The van der Waals surface area contributed by atoms with Gasteiger partial charge in [0, 0.05) is 27.7 Å². The number of nitriles is 2. The van der Waals surface area contributed by atoms with E-state index in [-0.39, 0.29) is 0 Å². The van der Waals surface area contributed by atoms with Crippen LogP contribution in [0.4, 0.5) is 0 Å². The van der Waals surface area contributed by atoms with Gasteiger partial charge in [0.2, 0.25) is 0 Å². The average molecular weight is 613 g/mol. The van der Waals surface area contributed by atoms with Crippen LogP contribution in [0.5, 0.6) is 0 Å². The summed E-state index contributed by atoms with van der Waals surface area (Å²) >= 11 is 0. The summed E-state index contributed by atoms with van der Waals surface area (Å²) in [4.78, 5) is 10.2. The van der Waals surface area contributed by atoms with E-state index in [9.17, 15) is 10.5 Å². The molecule has 9 rings (SSSR count). The number of rotatable bonds is 4. The number of para-hydroxylation sites is 2. The first kappa shape index (κ1) is 27.3. The van der Waals surface area contributed by atoms with E-state index in [0.717, 1.165) is 77.6 Å². The highest BCUT2D eigenvalue weighted by atomic mass is 15.2. The highest BCUT2D eigenvalue weighted by Crippen LogP contribution is 2.38. The minimum absolute atomic E-state index is 0.608. The molecule has 0 bridgehead atoms. The molecule has 0 N–H and O–H groups in total. The number of hydrogen-bond acceptors (Lipinski definition) is 4. The maximum absolute atomic E-state index is 9.73. The molecule has 9 aromatic rings. The van der Waals surface area contributed by atoms with Crippen LogP contribution in [0.25, 0.3) is 77.6 Å². The number of fused-ring (bicyclic) bond motifs is 6. The zero-order chi connectivity index (χ0) is 32.2. The van der Waals surface area contributed by atoms with E-state index in [4.69, 9.17) is 9.97 Å². The molecular formula is C42H24N6. The van der Waals surface area contributed by atoms with Crippen LogP contribution in [-0.2, 0) is 0 Å². The van der Waals surface area contributed by atoms with Gasteiger partial charge in [-0.3, -0.25) is 9.13 Å². The van der Waals surface area contributed by atoms with Gasteiger partial charge in [0.15, 0.2) is 0 Å². The molecule has 0 spiro atoms. The third-order valence-electron chi connectivity index (χ3n) is 9.03. The SMILES string of the molecule is N#Cc1cccc(-c2ccccc2-c2cc(-n3c4ccccc4c4cc(C#N)ccc43)nc(-n3c4ccccc4c4cccnc43)c2)c1. The van der Waals surface area contributed by atoms with Crippen molar-refractivity contribution < 1.29 is 0 Å². The summed E-state index contributed by atoms with van der Waals surface area (Å²) in [6, 6.07) is 51.3. The average Bonchev–Trinajstić information content (AvgIpc) is 3.67. The standard InChI is InChI=1S/C42H24N6/c43-25-27-9-7-10-29(21-27)31-11-1-2-12-32(31)30-23-40(47-37-16-5-4-14-34(37)36-22-28(26-44)18-19-39(36)47)46-41(24-30)48-38-17-6-3-13-33(38)35-15-8-20-45-42(35)48/h1-24H. The smallest absolute Gasteiger partial charge is 0.146 e. The van der Waals surface area contributed by atoms with Gasteiger partial charge in [-0.2, -0.15) is 10.5 Å². The molecule has 6 heteroatoms. The minimum atomic E-state index is 0.608. The van der Waals surface area contributed by atoms with Crippen molar-refractivity contribution in [2.75, 3.05) is 0 Å². The lowest BCUT2D eigenvalue weighted by atomic mass is 9.94. The Labute approximate surface area is 275 Å². The Hall–Kier alpha value is -7.02. The van der Waals surface area contributed by atoms with Gasteiger partial charge in [-0.1, -0.05) is 72.8 Å². The minimum Gasteiger partial charge on any atom is -0.294 e. The molecule has 6 nitrogen and oxygen atoms in total. The van der Waals surface area contributed by atoms with Crippen molar-refractivity contribution in [3.63, 3.8) is 0 Å². The van der Waals surface area contributed by atoms with E-state index in [0.29, 0.717) is 11.1 Å².